The first-order chi connectivity index (χ1) is 13.8. The van der Waals surface area contributed by atoms with Crippen LogP contribution in [0, 0.1) is 0 Å². The van der Waals surface area contributed by atoms with E-state index in [0.29, 0.717) is 12.3 Å². The van der Waals surface area contributed by atoms with Crippen LogP contribution in [-0.2, 0) is 9.53 Å². The van der Waals surface area contributed by atoms with E-state index in [-0.39, 0.29) is 11.9 Å². The van der Waals surface area contributed by atoms with Crippen molar-refractivity contribution >= 4 is 39.8 Å². The summed E-state index contributed by atoms with van der Waals surface area (Å²) < 4.78 is 5.48. The highest BCUT2D eigenvalue weighted by molar-refractivity contribution is 8.00. The Labute approximate surface area is 173 Å². The fraction of sp³-hybridized carbons (Fsp3) is 0.318. The fourth-order valence-electron chi connectivity index (χ4n) is 3.45. The first-order valence-corrected chi connectivity index (χ1v) is 11.4. The monoisotopic (exact) mass is 412 g/mol. The maximum atomic E-state index is 12.5. The Bertz CT molecular complexity index is 908. The number of morpholine rings is 1. The predicted molar refractivity (Wildman–Crippen MR) is 117 cm³/mol. The Balaban J connectivity index is 1.32. The van der Waals surface area contributed by atoms with Gasteiger partial charge in [0.2, 0.25) is 5.91 Å². The fourth-order valence-corrected chi connectivity index (χ4v) is 5.08. The van der Waals surface area contributed by atoms with Gasteiger partial charge < -0.3 is 10.1 Å². The molecule has 1 atom stereocenters. The van der Waals surface area contributed by atoms with Gasteiger partial charge in [0.1, 0.15) is 0 Å². The van der Waals surface area contributed by atoms with Gasteiger partial charge in [-0.05, 0) is 34.4 Å². The number of thiophene rings is 1. The number of hydrogen-bond acceptors (Lipinski definition) is 5. The Kier molecular flexibility index (Phi) is 6.65. The third-order valence-electron chi connectivity index (χ3n) is 4.94. The molecule has 1 fully saturated rings. The molecule has 1 aliphatic rings. The largest absolute Gasteiger partial charge is 0.379 e. The Hall–Kier alpha value is -1.86. The molecule has 28 heavy (non-hydrogen) atoms. The molecule has 1 aromatic heterocycles. The number of amides is 1. The van der Waals surface area contributed by atoms with E-state index in [4.69, 9.17) is 4.74 Å². The Morgan fingerprint density at radius 3 is 2.71 bits per heavy atom. The lowest BCUT2D eigenvalue weighted by Crippen LogP contribution is -2.43. The Morgan fingerprint density at radius 1 is 1.11 bits per heavy atom. The maximum absolute atomic E-state index is 12.5. The second-order valence-electron chi connectivity index (χ2n) is 6.78. The van der Waals surface area contributed by atoms with Gasteiger partial charge in [-0.3, -0.25) is 9.69 Å². The summed E-state index contributed by atoms with van der Waals surface area (Å²) >= 11 is 3.33. The number of nitrogens with one attached hydrogen (secondary N) is 1. The molecular weight excluding hydrogens is 388 g/mol. The first-order valence-electron chi connectivity index (χ1n) is 9.53. The predicted octanol–water partition coefficient (Wildman–Crippen LogP) is 4.18. The molecule has 2 heterocycles. The van der Waals surface area contributed by atoms with Crippen molar-refractivity contribution < 1.29 is 9.53 Å². The number of carbonyl (C=O) groups is 1. The van der Waals surface area contributed by atoms with Gasteiger partial charge in [0.15, 0.2) is 0 Å². The van der Waals surface area contributed by atoms with Crippen LogP contribution in [0.1, 0.15) is 10.9 Å². The number of hydrogen-bond donors (Lipinski definition) is 1. The summed E-state index contributed by atoms with van der Waals surface area (Å²) in [6.07, 6.45) is 0. The molecule has 1 saturated heterocycles. The van der Waals surface area contributed by atoms with Crippen molar-refractivity contribution in [3.05, 3.63) is 64.9 Å². The zero-order valence-corrected chi connectivity index (χ0v) is 17.3. The molecule has 0 aliphatic carbocycles. The smallest absolute Gasteiger partial charge is 0.230 e. The summed E-state index contributed by atoms with van der Waals surface area (Å²) in [6, 6.07) is 19.1. The molecule has 6 heteroatoms. The molecule has 4 nitrogen and oxygen atoms in total. The lowest BCUT2D eigenvalue weighted by Gasteiger charge is -2.34. The molecule has 2 aromatic carbocycles. The normalized spacial score (nSPS) is 16.1. The number of ether oxygens (including phenoxy) is 1. The molecular formula is C22H24N2O2S2. The van der Waals surface area contributed by atoms with Crippen molar-refractivity contribution in [3.63, 3.8) is 0 Å². The van der Waals surface area contributed by atoms with E-state index in [1.54, 1.807) is 23.1 Å². The molecule has 0 saturated carbocycles. The molecule has 0 radical (unpaired) electrons. The molecule has 1 N–H and O–H groups in total. The van der Waals surface area contributed by atoms with Crippen molar-refractivity contribution in [2.75, 3.05) is 38.6 Å². The second-order valence-corrected chi connectivity index (χ2v) is 8.81. The van der Waals surface area contributed by atoms with E-state index >= 15 is 0 Å². The van der Waals surface area contributed by atoms with Gasteiger partial charge >= 0.3 is 0 Å². The van der Waals surface area contributed by atoms with Crippen LogP contribution in [0.3, 0.4) is 0 Å². The number of carbonyl (C=O) groups excluding carboxylic acids is 1. The highest BCUT2D eigenvalue weighted by atomic mass is 32.2. The van der Waals surface area contributed by atoms with E-state index in [0.717, 1.165) is 31.2 Å². The van der Waals surface area contributed by atoms with Crippen molar-refractivity contribution in [3.8, 4) is 0 Å². The molecule has 3 aromatic rings. The van der Waals surface area contributed by atoms with Crippen LogP contribution in [0.2, 0.25) is 0 Å². The van der Waals surface area contributed by atoms with Gasteiger partial charge in [-0.2, -0.15) is 0 Å². The number of thioether (sulfide) groups is 1. The summed E-state index contributed by atoms with van der Waals surface area (Å²) in [4.78, 5) is 17.3. The molecule has 1 aliphatic heterocycles. The second kappa shape index (κ2) is 9.56. The molecule has 0 bridgehead atoms. The van der Waals surface area contributed by atoms with Crippen LogP contribution in [-0.4, -0.2) is 49.4 Å². The van der Waals surface area contributed by atoms with Crippen LogP contribution in [0.4, 0.5) is 0 Å². The van der Waals surface area contributed by atoms with Crippen molar-refractivity contribution in [1.82, 2.24) is 10.2 Å². The topological polar surface area (TPSA) is 41.6 Å². The number of rotatable bonds is 7. The van der Waals surface area contributed by atoms with E-state index in [9.17, 15) is 4.79 Å². The quantitative estimate of drug-likeness (QED) is 0.591. The maximum Gasteiger partial charge on any atom is 0.230 e. The average molecular weight is 413 g/mol. The van der Waals surface area contributed by atoms with Crippen LogP contribution in [0.15, 0.2) is 64.9 Å². The number of benzene rings is 2. The number of nitrogens with zero attached hydrogens (tertiary/aromatic N) is 1. The minimum atomic E-state index is 0.0768. The van der Waals surface area contributed by atoms with Gasteiger partial charge in [0.05, 0.1) is 25.0 Å². The summed E-state index contributed by atoms with van der Waals surface area (Å²) in [6.45, 7) is 3.97. The first kappa shape index (κ1) is 19.5. The average Bonchev–Trinajstić information content (AvgIpc) is 3.27. The number of fused-ring (bicyclic) bond motifs is 1. The highest BCUT2D eigenvalue weighted by Crippen LogP contribution is 2.26. The molecule has 146 valence electrons. The summed E-state index contributed by atoms with van der Waals surface area (Å²) in [5, 5.41) is 7.67. The van der Waals surface area contributed by atoms with Crippen LogP contribution < -0.4 is 5.32 Å². The van der Waals surface area contributed by atoms with E-state index in [2.05, 4.69) is 58.1 Å². The van der Waals surface area contributed by atoms with E-state index in [1.165, 1.54) is 15.6 Å². The van der Waals surface area contributed by atoms with Gasteiger partial charge in [-0.15, -0.1) is 23.1 Å². The molecule has 4 rings (SSSR count). The molecule has 0 unspecified atom stereocenters. The highest BCUT2D eigenvalue weighted by Gasteiger charge is 2.23. The van der Waals surface area contributed by atoms with Crippen LogP contribution in [0.25, 0.3) is 10.8 Å². The van der Waals surface area contributed by atoms with Crippen molar-refractivity contribution in [1.29, 1.82) is 0 Å². The molecule has 1 amide bonds. The van der Waals surface area contributed by atoms with E-state index in [1.807, 2.05) is 12.1 Å². The van der Waals surface area contributed by atoms with Crippen molar-refractivity contribution in [2.24, 2.45) is 0 Å². The lowest BCUT2D eigenvalue weighted by atomic mass is 10.1. The van der Waals surface area contributed by atoms with Crippen LogP contribution in [0.5, 0.6) is 0 Å². The van der Waals surface area contributed by atoms with Crippen molar-refractivity contribution in [2.45, 2.75) is 10.9 Å². The van der Waals surface area contributed by atoms with E-state index < -0.39 is 0 Å². The van der Waals surface area contributed by atoms with Gasteiger partial charge in [0.25, 0.3) is 0 Å². The van der Waals surface area contributed by atoms with Gasteiger partial charge in [-0.25, -0.2) is 0 Å². The summed E-state index contributed by atoms with van der Waals surface area (Å²) in [5.41, 5.74) is 0. The zero-order valence-electron chi connectivity index (χ0n) is 15.7. The minimum Gasteiger partial charge on any atom is -0.379 e. The summed E-state index contributed by atoms with van der Waals surface area (Å²) in [7, 11) is 0. The third-order valence-corrected chi connectivity index (χ3v) is 6.91. The molecule has 0 spiro atoms. The Morgan fingerprint density at radius 2 is 1.93 bits per heavy atom. The zero-order chi connectivity index (χ0) is 19.2. The standard InChI is InChI=1S/C22H24N2O2S2/c25-22(16-28-19-8-7-17-4-1-2-5-18(17)14-19)23-15-20(21-6-3-13-27-21)24-9-11-26-12-10-24/h1-8,13-14,20H,9-12,15-16H2,(H,23,25)/t20-/m0/s1. The van der Waals surface area contributed by atoms with Crippen LogP contribution >= 0.6 is 23.1 Å². The lowest BCUT2D eigenvalue weighted by molar-refractivity contribution is -0.118. The van der Waals surface area contributed by atoms with Gasteiger partial charge in [-0.1, -0.05) is 36.4 Å². The SMILES string of the molecule is O=C(CSc1ccc2ccccc2c1)NC[C@@H](c1cccs1)N1CCOCC1. The third kappa shape index (κ3) is 4.94. The van der Waals surface area contributed by atoms with Gasteiger partial charge in [0, 0.05) is 29.4 Å². The minimum absolute atomic E-state index is 0.0768. The summed E-state index contributed by atoms with van der Waals surface area (Å²) in [5.74, 6) is 0.506.